The molecule has 2 rings (SSSR count). The fourth-order valence-electron chi connectivity index (χ4n) is 2.76. The third-order valence-electron chi connectivity index (χ3n) is 4.44. The fraction of sp³-hybridized carbons (Fsp3) is 0.333. The zero-order chi connectivity index (χ0) is 21.6. The first-order valence-corrected chi connectivity index (χ1v) is 10.8. The number of sulfonamides is 1. The fourth-order valence-corrected chi connectivity index (χ4v) is 4.47. The van der Waals surface area contributed by atoms with Crippen LogP contribution in [-0.4, -0.2) is 43.8 Å². The first-order valence-electron chi connectivity index (χ1n) is 9.38. The number of nitrogens with one attached hydrogen (secondary N) is 1. The highest BCUT2D eigenvalue weighted by molar-refractivity contribution is 7.89. The van der Waals surface area contributed by atoms with Gasteiger partial charge in [-0.2, -0.15) is 4.31 Å². The van der Waals surface area contributed by atoms with E-state index in [1.165, 1.54) is 17.3 Å². The first kappa shape index (κ1) is 22.6. The smallest absolute Gasteiger partial charge is 0.338 e. The number of hydrogen-bond donors (Lipinski definition) is 1. The van der Waals surface area contributed by atoms with Gasteiger partial charge in [-0.3, -0.25) is 4.79 Å². The number of rotatable bonds is 8. The Kier molecular flexibility index (Phi) is 7.53. The van der Waals surface area contributed by atoms with Crippen molar-refractivity contribution in [3.63, 3.8) is 0 Å². The number of nitrogens with zero attached hydrogens (tertiary/aromatic N) is 1. The van der Waals surface area contributed by atoms with Gasteiger partial charge in [0, 0.05) is 18.8 Å². The largest absolute Gasteiger partial charge is 0.449 e. The first-order chi connectivity index (χ1) is 13.7. The molecule has 0 aliphatic rings. The molecule has 0 radical (unpaired) electrons. The van der Waals surface area contributed by atoms with Crippen molar-refractivity contribution in [3.8, 4) is 0 Å². The van der Waals surface area contributed by atoms with Gasteiger partial charge in [-0.25, -0.2) is 13.2 Å². The maximum Gasteiger partial charge on any atom is 0.338 e. The summed E-state index contributed by atoms with van der Waals surface area (Å²) in [4.78, 5) is 24.7. The second-order valence-corrected chi connectivity index (χ2v) is 8.38. The highest BCUT2D eigenvalue weighted by Crippen LogP contribution is 2.24. The number of ether oxygens (including phenoxy) is 1. The monoisotopic (exact) mass is 418 g/mol. The van der Waals surface area contributed by atoms with E-state index in [0.717, 1.165) is 0 Å². The highest BCUT2D eigenvalue weighted by Gasteiger charge is 2.25. The Hall–Kier alpha value is -2.71. The number of carbonyl (C=O) groups is 2. The van der Waals surface area contributed by atoms with Crippen molar-refractivity contribution >= 4 is 27.6 Å². The van der Waals surface area contributed by atoms with Gasteiger partial charge in [0.15, 0.2) is 6.10 Å². The quantitative estimate of drug-likeness (QED) is 0.665. The summed E-state index contributed by atoms with van der Waals surface area (Å²) in [7, 11) is -3.67. The maximum absolute atomic E-state index is 12.8. The number of hydrogen-bond acceptors (Lipinski definition) is 5. The normalized spacial score (nSPS) is 12.4. The van der Waals surface area contributed by atoms with Crippen molar-refractivity contribution in [2.45, 2.75) is 38.7 Å². The van der Waals surface area contributed by atoms with Gasteiger partial charge in [-0.05, 0) is 43.7 Å². The molecule has 0 aliphatic carbocycles. The zero-order valence-electron chi connectivity index (χ0n) is 17.0. The van der Waals surface area contributed by atoms with E-state index in [2.05, 4.69) is 5.32 Å². The summed E-state index contributed by atoms with van der Waals surface area (Å²) in [5, 5.41) is 2.61. The van der Waals surface area contributed by atoms with Crippen molar-refractivity contribution in [2.24, 2.45) is 0 Å². The maximum atomic E-state index is 12.8. The standard InChI is InChI=1S/C21H26N2O5S/c1-5-23(6-2)29(26,27)19-14-18(13-12-15(19)3)22-20(24)16(4)28-21(25)17-10-8-7-9-11-17/h7-14,16H,5-6H2,1-4H3,(H,22,24)/t16-/m1/s1. The van der Waals surface area contributed by atoms with Crippen LogP contribution in [0.1, 0.15) is 36.7 Å². The van der Waals surface area contributed by atoms with Crippen LogP contribution in [0.3, 0.4) is 0 Å². The molecule has 0 bridgehead atoms. The number of esters is 1. The van der Waals surface area contributed by atoms with Crippen molar-refractivity contribution in [3.05, 3.63) is 59.7 Å². The van der Waals surface area contributed by atoms with Gasteiger partial charge in [-0.1, -0.05) is 38.1 Å². The molecule has 2 aromatic rings. The molecular weight excluding hydrogens is 392 g/mol. The van der Waals surface area contributed by atoms with Gasteiger partial charge in [0.1, 0.15) is 0 Å². The van der Waals surface area contributed by atoms with E-state index in [-0.39, 0.29) is 4.90 Å². The molecule has 0 saturated heterocycles. The Morgan fingerprint density at radius 2 is 1.69 bits per heavy atom. The molecule has 0 unspecified atom stereocenters. The molecule has 29 heavy (non-hydrogen) atoms. The second kappa shape index (κ2) is 9.67. The molecule has 1 N–H and O–H groups in total. The minimum Gasteiger partial charge on any atom is -0.449 e. The van der Waals surface area contributed by atoms with Crippen LogP contribution in [-0.2, 0) is 19.6 Å². The molecule has 2 aromatic carbocycles. The number of anilines is 1. The minimum atomic E-state index is -3.67. The summed E-state index contributed by atoms with van der Waals surface area (Å²) in [6.07, 6.45) is -1.05. The van der Waals surface area contributed by atoms with Crippen molar-refractivity contribution in [1.82, 2.24) is 4.31 Å². The van der Waals surface area contributed by atoms with Crippen LogP contribution < -0.4 is 5.32 Å². The van der Waals surface area contributed by atoms with Crippen LogP contribution >= 0.6 is 0 Å². The van der Waals surface area contributed by atoms with Gasteiger partial charge < -0.3 is 10.1 Å². The van der Waals surface area contributed by atoms with E-state index in [4.69, 9.17) is 4.74 Å². The predicted octanol–water partition coefficient (Wildman–Crippen LogP) is 3.21. The van der Waals surface area contributed by atoms with E-state index in [1.807, 2.05) is 0 Å². The molecule has 7 nitrogen and oxygen atoms in total. The summed E-state index contributed by atoms with van der Waals surface area (Å²) in [5.74, 6) is -1.16. The van der Waals surface area contributed by atoms with Crippen molar-refractivity contribution < 1.29 is 22.7 Å². The Morgan fingerprint density at radius 1 is 1.07 bits per heavy atom. The number of carbonyl (C=O) groups excluding carboxylic acids is 2. The molecular formula is C21H26N2O5S. The average Bonchev–Trinajstić information content (AvgIpc) is 2.70. The SMILES string of the molecule is CCN(CC)S(=O)(=O)c1cc(NC(=O)[C@@H](C)OC(=O)c2ccccc2)ccc1C. The van der Waals surface area contributed by atoms with Gasteiger partial charge in [0.05, 0.1) is 10.5 Å². The van der Waals surface area contributed by atoms with Crippen LogP contribution in [0.15, 0.2) is 53.4 Å². The minimum absolute atomic E-state index is 0.132. The van der Waals surface area contributed by atoms with E-state index in [9.17, 15) is 18.0 Å². The van der Waals surface area contributed by atoms with E-state index in [1.54, 1.807) is 63.2 Å². The highest BCUT2D eigenvalue weighted by atomic mass is 32.2. The van der Waals surface area contributed by atoms with Crippen LogP contribution in [0, 0.1) is 6.92 Å². The summed E-state index contributed by atoms with van der Waals surface area (Å²) in [6, 6.07) is 13.0. The van der Waals surface area contributed by atoms with Crippen LogP contribution in [0.2, 0.25) is 0 Å². The lowest BCUT2D eigenvalue weighted by molar-refractivity contribution is -0.123. The van der Waals surface area contributed by atoms with Crippen molar-refractivity contribution in [1.29, 1.82) is 0 Å². The molecule has 1 atom stereocenters. The summed E-state index contributed by atoms with van der Waals surface area (Å²) in [5.41, 5.74) is 1.24. The molecule has 0 fully saturated rings. The average molecular weight is 419 g/mol. The van der Waals surface area contributed by atoms with Crippen LogP contribution in [0.25, 0.3) is 0 Å². The molecule has 8 heteroatoms. The summed E-state index contributed by atoms with van der Waals surface area (Å²) in [6.45, 7) is 7.39. The lowest BCUT2D eigenvalue weighted by Crippen LogP contribution is -2.32. The number of benzene rings is 2. The lowest BCUT2D eigenvalue weighted by atomic mass is 10.2. The van der Waals surface area contributed by atoms with Gasteiger partial charge >= 0.3 is 5.97 Å². The van der Waals surface area contributed by atoms with Gasteiger partial charge in [0.25, 0.3) is 5.91 Å². The van der Waals surface area contributed by atoms with E-state index < -0.39 is 28.0 Å². The third kappa shape index (κ3) is 5.42. The molecule has 1 amide bonds. The number of amides is 1. The molecule has 0 heterocycles. The summed E-state index contributed by atoms with van der Waals surface area (Å²) < 4.78 is 32.2. The Bertz CT molecular complexity index is 970. The number of aryl methyl sites for hydroxylation is 1. The molecule has 0 spiro atoms. The van der Waals surface area contributed by atoms with E-state index >= 15 is 0 Å². The second-order valence-electron chi connectivity index (χ2n) is 6.47. The summed E-state index contributed by atoms with van der Waals surface area (Å²) >= 11 is 0. The molecule has 0 aliphatic heterocycles. The van der Waals surface area contributed by atoms with Crippen molar-refractivity contribution in [2.75, 3.05) is 18.4 Å². The topological polar surface area (TPSA) is 92.8 Å². The molecule has 0 aromatic heterocycles. The van der Waals surface area contributed by atoms with Gasteiger partial charge in [0.2, 0.25) is 10.0 Å². The molecule has 0 saturated carbocycles. The third-order valence-corrected chi connectivity index (χ3v) is 6.63. The van der Waals surface area contributed by atoms with Gasteiger partial charge in [-0.15, -0.1) is 0 Å². The van der Waals surface area contributed by atoms with Crippen LogP contribution in [0.5, 0.6) is 0 Å². The van der Waals surface area contributed by atoms with E-state index in [0.29, 0.717) is 29.9 Å². The van der Waals surface area contributed by atoms with Crippen LogP contribution in [0.4, 0.5) is 5.69 Å². The zero-order valence-corrected chi connectivity index (χ0v) is 17.8. The Labute approximate surface area is 171 Å². The molecule has 156 valence electrons. The Morgan fingerprint density at radius 3 is 2.28 bits per heavy atom. The Balaban J connectivity index is 2.15. The lowest BCUT2D eigenvalue weighted by Gasteiger charge is -2.20. The predicted molar refractivity (Wildman–Crippen MR) is 111 cm³/mol.